The van der Waals surface area contributed by atoms with Crippen molar-refractivity contribution in [2.45, 2.75) is 121 Å². The average Bonchev–Trinajstić information content (AvgIpc) is 2.68. The van der Waals surface area contributed by atoms with Gasteiger partial charge in [-0.1, -0.05) is 127 Å². The summed E-state index contributed by atoms with van der Waals surface area (Å²) in [4.78, 5) is -0.508. The Morgan fingerprint density at radius 1 is 0.733 bits per heavy atom. The summed E-state index contributed by atoms with van der Waals surface area (Å²) >= 11 is 0. The van der Waals surface area contributed by atoms with Crippen molar-refractivity contribution >= 4 is 10.1 Å². The van der Waals surface area contributed by atoms with Crippen LogP contribution in [-0.4, -0.2) is 13.0 Å². The summed E-state index contributed by atoms with van der Waals surface area (Å²) in [5, 5.41) is 12.1. The minimum atomic E-state index is -4.43. The smallest absolute Gasteiger partial charge is 0.871 e. The van der Waals surface area contributed by atoms with E-state index in [1.807, 2.05) is 0 Å². The predicted molar refractivity (Wildman–Crippen MR) is 119 cm³/mol. The van der Waals surface area contributed by atoms with Crippen molar-refractivity contribution in [1.82, 2.24) is 0 Å². The quantitative estimate of drug-likeness (QED) is 0.210. The fourth-order valence-electron chi connectivity index (χ4n) is 3.82. The van der Waals surface area contributed by atoms with Crippen LogP contribution in [0.4, 0.5) is 0 Å². The summed E-state index contributed by atoms with van der Waals surface area (Å²) in [5.74, 6) is -0.559. The van der Waals surface area contributed by atoms with Gasteiger partial charge >= 0.3 is 29.6 Å². The molecular weight excluding hydrogens is 407 g/mol. The fourth-order valence-corrected chi connectivity index (χ4v) is 4.44. The van der Waals surface area contributed by atoms with Crippen molar-refractivity contribution in [3.05, 3.63) is 23.8 Å². The van der Waals surface area contributed by atoms with E-state index < -0.39 is 20.8 Å². The molecule has 0 saturated heterocycles. The number of para-hydroxylation sites is 1. The maximum Gasteiger partial charge on any atom is 1.00 e. The van der Waals surface area contributed by atoms with Crippen LogP contribution in [0.3, 0.4) is 0 Å². The Kier molecular flexibility index (Phi) is 18.5. The first-order chi connectivity index (χ1) is 14.0. The molecule has 6 heteroatoms. The first-order valence-corrected chi connectivity index (χ1v) is 13.2. The van der Waals surface area contributed by atoms with Gasteiger partial charge in [0.2, 0.25) is 0 Å². The Hall–Kier alpha value is -0.0700. The van der Waals surface area contributed by atoms with Gasteiger partial charge in [-0.3, -0.25) is 4.55 Å². The molecule has 0 amide bonds. The first kappa shape index (κ1) is 29.9. The number of aryl methyl sites for hydroxylation is 1. The van der Waals surface area contributed by atoms with Gasteiger partial charge in [0.05, 0.1) is 4.90 Å². The third kappa shape index (κ3) is 14.1. The monoisotopic (exact) mass is 448 g/mol. The Balaban J connectivity index is 0.00000841. The van der Waals surface area contributed by atoms with Gasteiger partial charge in [0.25, 0.3) is 10.1 Å². The minimum absolute atomic E-state index is 0. The van der Waals surface area contributed by atoms with Crippen molar-refractivity contribution in [3.63, 3.8) is 0 Å². The summed E-state index contributed by atoms with van der Waals surface area (Å²) in [7, 11) is -4.43. The summed E-state index contributed by atoms with van der Waals surface area (Å²) in [6.07, 6.45) is 21.3. The van der Waals surface area contributed by atoms with Crippen LogP contribution in [0, 0.1) is 0 Å². The molecule has 0 aliphatic heterocycles. The zero-order chi connectivity index (χ0) is 21.4. The molecule has 0 aliphatic carbocycles. The fraction of sp³-hybridized carbons (Fsp3) is 0.750. The zero-order valence-corrected chi connectivity index (χ0v) is 22.1. The molecule has 0 atom stereocenters. The van der Waals surface area contributed by atoms with Crippen LogP contribution >= 0.6 is 0 Å². The van der Waals surface area contributed by atoms with Crippen LogP contribution in [0.5, 0.6) is 5.75 Å². The van der Waals surface area contributed by atoms with E-state index in [0.717, 1.165) is 25.3 Å². The molecule has 168 valence electrons. The van der Waals surface area contributed by atoms with Crippen molar-refractivity contribution in [3.8, 4) is 5.75 Å². The molecule has 30 heavy (non-hydrogen) atoms. The molecule has 0 aromatic heterocycles. The van der Waals surface area contributed by atoms with Crippen LogP contribution in [0.2, 0.25) is 0 Å². The van der Waals surface area contributed by atoms with Gasteiger partial charge < -0.3 is 5.11 Å². The molecule has 1 aromatic rings. The molecule has 1 aromatic carbocycles. The van der Waals surface area contributed by atoms with Crippen LogP contribution in [0.15, 0.2) is 23.1 Å². The number of benzene rings is 1. The van der Waals surface area contributed by atoms with E-state index in [1.165, 1.54) is 89.5 Å². The molecule has 4 nitrogen and oxygen atoms in total. The molecule has 0 bridgehead atoms. The Bertz CT molecular complexity index is 647. The number of hydrogen-bond acceptors (Lipinski definition) is 3. The third-order valence-corrected chi connectivity index (χ3v) is 6.52. The largest absolute Gasteiger partial charge is 1.00 e. The van der Waals surface area contributed by atoms with E-state index in [9.17, 15) is 13.5 Å². The van der Waals surface area contributed by atoms with Gasteiger partial charge in [-0.05, 0) is 18.9 Å². The van der Waals surface area contributed by atoms with Gasteiger partial charge in [-0.15, -0.1) is 0 Å². The minimum Gasteiger partial charge on any atom is -0.871 e. The predicted octanol–water partition coefficient (Wildman–Crippen LogP) is 3.81. The first-order valence-electron chi connectivity index (χ1n) is 11.7. The van der Waals surface area contributed by atoms with Gasteiger partial charge in [-0.2, -0.15) is 8.42 Å². The third-order valence-electron chi connectivity index (χ3n) is 5.64. The average molecular weight is 449 g/mol. The Labute approximate surface area is 207 Å². The maximum atomic E-state index is 12.1. The topological polar surface area (TPSA) is 77.4 Å². The standard InChI is InChI=1S/C24H42O4S.Na/c1-2-3-4-5-6-7-8-9-10-11-12-13-14-15-16-17-19-22-20-18-21-23(24(22)25)29(26,27)28;/h18,20-21,25H,2-17,19H2,1H3,(H,26,27,28);/q;+1/p-1. The summed E-state index contributed by atoms with van der Waals surface area (Å²) in [6, 6.07) is 4.34. The van der Waals surface area contributed by atoms with Gasteiger partial charge in [-0.25, -0.2) is 0 Å². The van der Waals surface area contributed by atoms with Crippen molar-refractivity contribution in [2.24, 2.45) is 0 Å². The van der Waals surface area contributed by atoms with E-state index in [2.05, 4.69) is 6.92 Å². The van der Waals surface area contributed by atoms with Crippen LogP contribution in [0.25, 0.3) is 0 Å². The second-order valence-electron chi connectivity index (χ2n) is 8.27. The van der Waals surface area contributed by atoms with Crippen molar-refractivity contribution in [2.75, 3.05) is 0 Å². The molecule has 0 spiro atoms. The Morgan fingerprint density at radius 3 is 1.53 bits per heavy atom. The number of rotatable bonds is 18. The van der Waals surface area contributed by atoms with Crippen molar-refractivity contribution < 1.29 is 47.6 Å². The van der Waals surface area contributed by atoms with Crippen LogP contribution in [0.1, 0.15) is 115 Å². The summed E-state index contributed by atoms with van der Waals surface area (Å²) in [5.41, 5.74) is 0.477. The Morgan fingerprint density at radius 2 is 1.13 bits per heavy atom. The summed E-state index contributed by atoms with van der Waals surface area (Å²) in [6.45, 7) is 2.26. The summed E-state index contributed by atoms with van der Waals surface area (Å²) < 4.78 is 31.4. The molecule has 1 N–H and O–H groups in total. The van der Waals surface area contributed by atoms with Crippen molar-refractivity contribution in [1.29, 1.82) is 0 Å². The zero-order valence-electron chi connectivity index (χ0n) is 19.3. The van der Waals surface area contributed by atoms with Crippen LogP contribution < -0.4 is 34.7 Å². The molecule has 0 radical (unpaired) electrons. The maximum absolute atomic E-state index is 12.1. The van der Waals surface area contributed by atoms with E-state index in [0.29, 0.717) is 12.0 Å². The molecule has 0 fully saturated rings. The normalized spacial score (nSPS) is 11.4. The molecule has 1 rings (SSSR count). The number of hydrogen-bond donors (Lipinski definition) is 1. The molecule has 0 unspecified atom stereocenters. The van der Waals surface area contributed by atoms with Gasteiger partial charge in [0, 0.05) is 0 Å². The molecule has 0 saturated carbocycles. The molecule has 0 heterocycles. The van der Waals surface area contributed by atoms with Crippen LogP contribution in [-0.2, 0) is 16.5 Å². The van der Waals surface area contributed by atoms with Gasteiger partial charge in [0.15, 0.2) is 0 Å². The van der Waals surface area contributed by atoms with E-state index in [4.69, 9.17) is 4.55 Å². The second-order valence-corrected chi connectivity index (χ2v) is 9.66. The van der Waals surface area contributed by atoms with E-state index >= 15 is 0 Å². The SMILES string of the molecule is CCCCCCCCCCCCCCCCCCc1cccc(S(=O)(=O)O)c1[O-].[Na+]. The van der Waals surface area contributed by atoms with E-state index in [-0.39, 0.29) is 29.6 Å². The van der Waals surface area contributed by atoms with E-state index in [1.54, 1.807) is 6.07 Å². The molecular formula is C24H41NaO4S. The van der Waals surface area contributed by atoms with Gasteiger partial charge in [0.1, 0.15) is 0 Å². The molecule has 0 aliphatic rings. The second kappa shape index (κ2) is 18.5. The number of unbranched alkanes of at least 4 members (excludes halogenated alkanes) is 15.